The van der Waals surface area contributed by atoms with Crippen molar-refractivity contribution in [3.8, 4) is 0 Å². The molecule has 6 heteroatoms. The first kappa shape index (κ1) is 15.3. The van der Waals surface area contributed by atoms with Gasteiger partial charge < -0.3 is 15.2 Å². The zero-order chi connectivity index (χ0) is 14.6. The van der Waals surface area contributed by atoms with E-state index in [-0.39, 0.29) is 17.2 Å². The first-order chi connectivity index (χ1) is 8.77. The summed E-state index contributed by atoms with van der Waals surface area (Å²) < 4.78 is 9.69. The number of hydrogen-bond acceptors (Lipinski definition) is 5. The molecule has 19 heavy (non-hydrogen) atoms. The molecule has 0 saturated carbocycles. The number of rotatable bonds is 4. The van der Waals surface area contributed by atoms with E-state index < -0.39 is 17.4 Å². The van der Waals surface area contributed by atoms with E-state index in [1.165, 1.54) is 19.2 Å². The van der Waals surface area contributed by atoms with Gasteiger partial charge in [-0.2, -0.15) is 0 Å². The van der Waals surface area contributed by atoms with E-state index >= 15 is 0 Å². The van der Waals surface area contributed by atoms with Crippen molar-refractivity contribution in [3.63, 3.8) is 0 Å². The van der Waals surface area contributed by atoms with Crippen LogP contribution in [0.4, 0.5) is 5.69 Å². The van der Waals surface area contributed by atoms with E-state index in [0.717, 1.165) is 0 Å². The Morgan fingerprint density at radius 1 is 1.37 bits per heavy atom. The van der Waals surface area contributed by atoms with E-state index in [2.05, 4.69) is 4.74 Å². The highest BCUT2D eigenvalue weighted by Crippen LogP contribution is 2.22. The lowest BCUT2D eigenvalue weighted by Gasteiger charge is -2.21. The van der Waals surface area contributed by atoms with Crippen LogP contribution in [0.1, 0.15) is 24.2 Å². The minimum absolute atomic E-state index is 0.108. The Hall–Kier alpha value is -1.75. The molecule has 5 nitrogen and oxygen atoms in total. The van der Waals surface area contributed by atoms with E-state index in [1.54, 1.807) is 19.9 Å². The van der Waals surface area contributed by atoms with Gasteiger partial charge in [0, 0.05) is 5.69 Å². The van der Waals surface area contributed by atoms with Gasteiger partial charge in [0.25, 0.3) is 0 Å². The Morgan fingerprint density at radius 3 is 2.58 bits per heavy atom. The third-order valence-corrected chi connectivity index (χ3v) is 2.84. The molecule has 1 aromatic rings. The summed E-state index contributed by atoms with van der Waals surface area (Å²) in [5, 5.41) is 0.245. The van der Waals surface area contributed by atoms with E-state index in [4.69, 9.17) is 22.1 Å². The Bertz CT molecular complexity index is 499. The molecule has 1 rings (SSSR count). The first-order valence-corrected chi connectivity index (χ1v) is 5.96. The Labute approximate surface area is 116 Å². The predicted octanol–water partition coefficient (Wildman–Crippen LogP) is 2.28. The number of nitrogens with two attached hydrogens (primary N) is 1. The lowest BCUT2D eigenvalue weighted by atomic mass is 9.95. The molecule has 0 aliphatic heterocycles. The lowest BCUT2D eigenvalue weighted by Crippen LogP contribution is -2.32. The van der Waals surface area contributed by atoms with Crippen molar-refractivity contribution < 1.29 is 19.1 Å². The fraction of sp³-hybridized carbons (Fsp3) is 0.385. The maximum atomic E-state index is 11.9. The van der Waals surface area contributed by atoms with Crippen LogP contribution < -0.4 is 5.73 Å². The number of anilines is 1. The summed E-state index contributed by atoms with van der Waals surface area (Å²) >= 11 is 5.88. The van der Waals surface area contributed by atoms with E-state index in [0.29, 0.717) is 5.69 Å². The number of halogens is 1. The summed E-state index contributed by atoms with van der Waals surface area (Å²) in [5.74, 6) is -1.09. The molecule has 0 unspecified atom stereocenters. The Balaban J connectivity index is 2.76. The molecule has 0 spiro atoms. The zero-order valence-corrected chi connectivity index (χ0v) is 11.8. The first-order valence-electron chi connectivity index (χ1n) is 5.58. The van der Waals surface area contributed by atoms with Gasteiger partial charge in [-0.15, -0.1) is 0 Å². The highest BCUT2D eigenvalue weighted by Gasteiger charge is 2.31. The van der Waals surface area contributed by atoms with Gasteiger partial charge in [-0.25, -0.2) is 4.79 Å². The van der Waals surface area contributed by atoms with Crippen molar-refractivity contribution in [1.82, 2.24) is 0 Å². The smallest absolute Gasteiger partial charge is 0.339 e. The van der Waals surface area contributed by atoms with Gasteiger partial charge in [-0.05, 0) is 32.0 Å². The van der Waals surface area contributed by atoms with Gasteiger partial charge in [0.1, 0.15) is 6.61 Å². The van der Waals surface area contributed by atoms with Gasteiger partial charge in [0.2, 0.25) is 0 Å². The number of esters is 2. The van der Waals surface area contributed by atoms with Gasteiger partial charge in [0.15, 0.2) is 0 Å². The molecular weight excluding hydrogens is 270 g/mol. The lowest BCUT2D eigenvalue weighted by molar-refractivity contribution is -0.152. The average molecular weight is 286 g/mol. The number of nitrogen functional groups attached to an aromatic ring is 1. The summed E-state index contributed by atoms with van der Waals surface area (Å²) in [4.78, 5) is 23.3. The summed E-state index contributed by atoms with van der Waals surface area (Å²) in [5.41, 5.74) is 5.23. The summed E-state index contributed by atoms with van der Waals surface area (Å²) in [6.45, 7) is 3.13. The fourth-order valence-corrected chi connectivity index (χ4v) is 1.55. The monoisotopic (exact) mass is 285 g/mol. The number of benzene rings is 1. The van der Waals surface area contributed by atoms with Crippen LogP contribution in [0.15, 0.2) is 18.2 Å². The standard InChI is InChI=1S/C13H16ClNO4/c1-13(2,12(17)18-3)7-19-11(16)9-6-8(15)4-5-10(9)14/h4-6H,7,15H2,1-3H3. The molecule has 0 fully saturated rings. The minimum Gasteiger partial charge on any atom is -0.469 e. The number of hydrogen-bond donors (Lipinski definition) is 1. The van der Waals surface area contributed by atoms with Crippen molar-refractivity contribution in [1.29, 1.82) is 0 Å². The molecule has 0 amide bonds. The van der Waals surface area contributed by atoms with Gasteiger partial charge in [0.05, 0.1) is 23.1 Å². The molecule has 0 radical (unpaired) electrons. The molecule has 0 saturated heterocycles. The quantitative estimate of drug-likeness (QED) is 0.678. The number of methoxy groups -OCH3 is 1. The summed E-state index contributed by atoms with van der Waals surface area (Å²) in [6.07, 6.45) is 0. The van der Waals surface area contributed by atoms with Crippen molar-refractivity contribution in [2.45, 2.75) is 13.8 Å². The largest absolute Gasteiger partial charge is 0.469 e. The average Bonchev–Trinajstić information content (AvgIpc) is 2.37. The molecule has 2 N–H and O–H groups in total. The van der Waals surface area contributed by atoms with Crippen LogP contribution in [-0.4, -0.2) is 25.7 Å². The van der Waals surface area contributed by atoms with Crippen molar-refractivity contribution in [3.05, 3.63) is 28.8 Å². The number of carbonyl (C=O) groups excluding carboxylic acids is 2. The van der Waals surface area contributed by atoms with Gasteiger partial charge in [-0.1, -0.05) is 11.6 Å². The van der Waals surface area contributed by atoms with Gasteiger partial charge >= 0.3 is 11.9 Å². The van der Waals surface area contributed by atoms with E-state index in [9.17, 15) is 9.59 Å². The molecule has 0 aliphatic rings. The second-order valence-electron chi connectivity index (χ2n) is 4.69. The maximum Gasteiger partial charge on any atom is 0.339 e. The van der Waals surface area contributed by atoms with Crippen molar-refractivity contribution in [2.75, 3.05) is 19.5 Å². The number of ether oxygens (including phenoxy) is 2. The molecule has 0 aromatic heterocycles. The number of carbonyl (C=O) groups is 2. The van der Waals surface area contributed by atoms with E-state index in [1.807, 2.05) is 0 Å². The van der Waals surface area contributed by atoms with Crippen molar-refractivity contribution in [2.24, 2.45) is 5.41 Å². The molecule has 104 valence electrons. The molecule has 0 atom stereocenters. The third-order valence-electron chi connectivity index (χ3n) is 2.51. The fourth-order valence-electron chi connectivity index (χ4n) is 1.36. The normalized spacial score (nSPS) is 10.9. The third kappa shape index (κ3) is 3.86. The van der Waals surface area contributed by atoms with Crippen LogP contribution in [0.5, 0.6) is 0 Å². The highest BCUT2D eigenvalue weighted by atomic mass is 35.5. The second-order valence-corrected chi connectivity index (χ2v) is 5.10. The van der Waals surface area contributed by atoms with Crippen LogP contribution in [0.3, 0.4) is 0 Å². The van der Waals surface area contributed by atoms with Crippen LogP contribution in [-0.2, 0) is 14.3 Å². The SMILES string of the molecule is COC(=O)C(C)(C)COC(=O)c1cc(N)ccc1Cl. The minimum atomic E-state index is -0.919. The topological polar surface area (TPSA) is 78.6 Å². The van der Waals surface area contributed by atoms with Crippen LogP contribution in [0, 0.1) is 5.41 Å². The Morgan fingerprint density at radius 2 is 2.00 bits per heavy atom. The second kappa shape index (κ2) is 5.93. The molecular formula is C13H16ClNO4. The predicted molar refractivity (Wildman–Crippen MR) is 71.9 cm³/mol. The van der Waals surface area contributed by atoms with Gasteiger partial charge in [-0.3, -0.25) is 4.79 Å². The van der Waals surface area contributed by atoms with Crippen LogP contribution in [0.25, 0.3) is 0 Å². The van der Waals surface area contributed by atoms with Crippen LogP contribution in [0.2, 0.25) is 5.02 Å². The molecule has 0 bridgehead atoms. The summed E-state index contributed by atoms with van der Waals surface area (Å²) in [7, 11) is 1.28. The van der Waals surface area contributed by atoms with Crippen molar-refractivity contribution >= 4 is 29.2 Å². The highest BCUT2D eigenvalue weighted by molar-refractivity contribution is 6.33. The molecule has 0 aliphatic carbocycles. The molecule has 0 heterocycles. The maximum absolute atomic E-state index is 11.9. The summed E-state index contributed by atoms with van der Waals surface area (Å²) in [6, 6.07) is 4.52. The van der Waals surface area contributed by atoms with Crippen LogP contribution >= 0.6 is 11.6 Å². The Kier molecular flexibility index (Phi) is 4.78. The zero-order valence-electron chi connectivity index (χ0n) is 11.0. The molecule has 1 aromatic carbocycles.